The third kappa shape index (κ3) is 16.8. The van der Waals surface area contributed by atoms with Crippen molar-refractivity contribution in [3.8, 4) is 0 Å². The van der Waals surface area contributed by atoms with Crippen molar-refractivity contribution in [3.63, 3.8) is 0 Å². The molecule has 0 amide bonds. The highest BCUT2D eigenvalue weighted by molar-refractivity contribution is 4.14. The third-order valence-electron chi connectivity index (χ3n) is 0.451. The van der Waals surface area contributed by atoms with Crippen LogP contribution in [0.1, 0.15) is 20.8 Å². The smallest absolute Gasteiger partial charge is 0.0962 e. The monoisotopic (exact) mass is 119 g/mol. The largest absolute Gasteiger partial charge is 0.367 e. The highest BCUT2D eigenvalue weighted by Gasteiger charge is 1.70. The zero-order valence-electron chi connectivity index (χ0n) is 6.32. The summed E-state index contributed by atoms with van der Waals surface area (Å²) < 4.78 is 4.87. The number of rotatable bonds is 3. The molecular weight excluding hydrogens is 102 g/mol. The van der Waals surface area contributed by atoms with Crippen LogP contribution in [0, 0.1) is 0 Å². The van der Waals surface area contributed by atoms with Gasteiger partial charge in [-0.25, -0.2) is 0 Å². The molecule has 0 atom stereocenters. The molecule has 2 nitrogen and oxygen atoms in total. The molecule has 0 aromatic rings. The van der Waals surface area contributed by atoms with E-state index in [1.54, 1.807) is 0 Å². The van der Waals surface area contributed by atoms with Gasteiger partial charge < -0.3 is 4.74 Å². The van der Waals surface area contributed by atoms with Crippen molar-refractivity contribution in [2.75, 3.05) is 20.4 Å². The maximum atomic E-state index is 4.87. The Morgan fingerprint density at radius 3 is 2.00 bits per heavy atom. The van der Waals surface area contributed by atoms with Gasteiger partial charge in [0.25, 0.3) is 0 Å². The van der Waals surface area contributed by atoms with Crippen LogP contribution in [0.5, 0.6) is 0 Å². The van der Waals surface area contributed by atoms with Crippen LogP contribution in [0.25, 0.3) is 0 Å². The first-order chi connectivity index (χ1) is 3.91. The summed E-state index contributed by atoms with van der Waals surface area (Å²) in [6.45, 7) is 7.43. The van der Waals surface area contributed by atoms with Gasteiger partial charge in [-0.05, 0) is 14.0 Å². The van der Waals surface area contributed by atoms with Crippen LogP contribution in [-0.2, 0) is 4.74 Å². The van der Waals surface area contributed by atoms with Gasteiger partial charge in [-0.15, -0.1) is 0 Å². The van der Waals surface area contributed by atoms with Gasteiger partial charge >= 0.3 is 0 Å². The Hall–Kier alpha value is -0.0800. The van der Waals surface area contributed by atoms with Gasteiger partial charge in [0.1, 0.15) is 0 Å². The van der Waals surface area contributed by atoms with Gasteiger partial charge in [-0.2, -0.15) is 0 Å². The summed E-state index contributed by atoms with van der Waals surface area (Å²) in [7, 11) is 1.86. The molecule has 0 radical (unpaired) electrons. The molecule has 2 heteroatoms. The molecule has 0 aromatic carbocycles. The first kappa shape index (κ1) is 10.8. The van der Waals surface area contributed by atoms with Gasteiger partial charge in [-0.1, -0.05) is 13.8 Å². The van der Waals surface area contributed by atoms with E-state index in [1.807, 2.05) is 27.8 Å². The fourth-order valence-electron chi connectivity index (χ4n) is 0.204. The van der Waals surface area contributed by atoms with Gasteiger partial charge in [0, 0.05) is 6.61 Å². The van der Waals surface area contributed by atoms with Crippen LogP contribution in [0.3, 0.4) is 0 Å². The minimum Gasteiger partial charge on any atom is -0.367 e. The second-order valence-electron chi connectivity index (χ2n) is 0.991. The van der Waals surface area contributed by atoms with E-state index in [0.29, 0.717) is 6.73 Å². The number of ether oxygens (including phenoxy) is 1. The van der Waals surface area contributed by atoms with Crippen LogP contribution in [-0.4, -0.2) is 20.4 Å². The van der Waals surface area contributed by atoms with Gasteiger partial charge in [0.05, 0.1) is 6.73 Å². The summed E-state index contributed by atoms with van der Waals surface area (Å²) in [5, 5.41) is 2.85. The van der Waals surface area contributed by atoms with Crippen LogP contribution < -0.4 is 5.32 Å². The lowest BCUT2D eigenvalue weighted by Gasteiger charge is -1.93. The van der Waals surface area contributed by atoms with Crippen molar-refractivity contribution in [1.29, 1.82) is 0 Å². The number of hydrogen-bond donors (Lipinski definition) is 1. The van der Waals surface area contributed by atoms with E-state index in [0.717, 1.165) is 6.61 Å². The molecule has 0 aliphatic heterocycles. The van der Waals surface area contributed by atoms with Crippen LogP contribution in [0.4, 0.5) is 0 Å². The highest BCUT2D eigenvalue weighted by atomic mass is 16.5. The minimum absolute atomic E-state index is 0.663. The molecule has 8 heavy (non-hydrogen) atoms. The Bertz CT molecular complexity index is 20.5. The number of hydrogen-bond acceptors (Lipinski definition) is 2. The van der Waals surface area contributed by atoms with Crippen LogP contribution in [0.2, 0.25) is 0 Å². The zero-order valence-corrected chi connectivity index (χ0v) is 6.32. The van der Waals surface area contributed by atoms with E-state index in [1.165, 1.54) is 0 Å². The predicted octanol–water partition coefficient (Wildman–Crippen LogP) is 1.23. The third-order valence-corrected chi connectivity index (χ3v) is 0.451. The minimum atomic E-state index is 0.663. The number of nitrogens with one attached hydrogen (secondary N) is 1. The standard InChI is InChI=1S/C4H11NO.C2H6/c1-3-6-4-5-2;1-2/h5H,3-4H2,1-2H3;1-2H3. The Kier molecular flexibility index (Phi) is 21.3. The highest BCUT2D eigenvalue weighted by Crippen LogP contribution is 1.61. The van der Waals surface area contributed by atoms with Gasteiger partial charge in [0.2, 0.25) is 0 Å². The molecular formula is C6H17NO. The Labute approximate surface area is 52.2 Å². The molecule has 0 saturated carbocycles. The molecule has 0 aromatic heterocycles. The van der Waals surface area contributed by atoms with Gasteiger partial charge in [-0.3, -0.25) is 5.32 Å². The van der Waals surface area contributed by atoms with Crippen molar-refractivity contribution < 1.29 is 4.74 Å². The molecule has 52 valence electrons. The van der Waals surface area contributed by atoms with E-state index >= 15 is 0 Å². The summed E-state index contributed by atoms with van der Waals surface area (Å²) >= 11 is 0. The summed E-state index contributed by atoms with van der Waals surface area (Å²) in [4.78, 5) is 0. The topological polar surface area (TPSA) is 21.3 Å². The summed E-state index contributed by atoms with van der Waals surface area (Å²) in [5.41, 5.74) is 0. The van der Waals surface area contributed by atoms with E-state index in [2.05, 4.69) is 5.32 Å². The molecule has 0 spiro atoms. The maximum Gasteiger partial charge on any atom is 0.0962 e. The van der Waals surface area contributed by atoms with E-state index in [4.69, 9.17) is 4.74 Å². The molecule has 0 unspecified atom stereocenters. The molecule has 0 heterocycles. The van der Waals surface area contributed by atoms with Crippen molar-refractivity contribution in [3.05, 3.63) is 0 Å². The zero-order chi connectivity index (χ0) is 6.83. The van der Waals surface area contributed by atoms with Crippen LogP contribution in [0.15, 0.2) is 0 Å². The fraction of sp³-hybridized carbons (Fsp3) is 1.00. The lowest BCUT2D eigenvalue weighted by atomic mass is 10.9. The van der Waals surface area contributed by atoms with Crippen molar-refractivity contribution in [1.82, 2.24) is 5.32 Å². The molecule has 0 saturated heterocycles. The molecule has 0 aliphatic carbocycles. The molecule has 0 aliphatic rings. The normalized spacial score (nSPS) is 7.50. The van der Waals surface area contributed by atoms with Crippen molar-refractivity contribution in [2.45, 2.75) is 20.8 Å². The first-order valence-corrected chi connectivity index (χ1v) is 3.14. The lowest BCUT2D eigenvalue weighted by Crippen LogP contribution is -2.10. The summed E-state index contributed by atoms with van der Waals surface area (Å²) in [5.74, 6) is 0. The predicted molar refractivity (Wildman–Crippen MR) is 36.9 cm³/mol. The average molecular weight is 119 g/mol. The Morgan fingerprint density at radius 1 is 1.38 bits per heavy atom. The SMILES string of the molecule is CC.CCOCNC. The van der Waals surface area contributed by atoms with E-state index < -0.39 is 0 Å². The fourth-order valence-corrected chi connectivity index (χ4v) is 0.204. The van der Waals surface area contributed by atoms with Gasteiger partial charge in [0.15, 0.2) is 0 Å². The average Bonchev–Trinajstić information content (AvgIpc) is 1.88. The Morgan fingerprint density at radius 2 is 1.88 bits per heavy atom. The second-order valence-corrected chi connectivity index (χ2v) is 0.991. The Balaban J connectivity index is 0. The quantitative estimate of drug-likeness (QED) is 0.445. The van der Waals surface area contributed by atoms with Crippen LogP contribution >= 0.6 is 0 Å². The summed E-state index contributed by atoms with van der Waals surface area (Å²) in [6, 6.07) is 0. The lowest BCUT2D eigenvalue weighted by molar-refractivity contribution is 0.134. The molecule has 1 N–H and O–H groups in total. The second kappa shape index (κ2) is 15.8. The maximum absolute atomic E-state index is 4.87. The molecule has 0 fully saturated rings. The van der Waals surface area contributed by atoms with E-state index in [-0.39, 0.29) is 0 Å². The van der Waals surface area contributed by atoms with Crippen molar-refractivity contribution >= 4 is 0 Å². The molecule has 0 rings (SSSR count). The van der Waals surface area contributed by atoms with E-state index in [9.17, 15) is 0 Å². The van der Waals surface area contributed by atoms with Crippen molar-refractivity contribution in [2.24, 2.45) is 0 Å². The first-order valence-electron chi connectivity index (χ1n) is 3.14. The summed E-state index contributed by atoms with van der Waals surface area (Å²) in [6.07, 6.45) is 0. The molecule has 0 bridgehead atoms.